The summed E-state index contributed by atoms with van der Waals surface area (Å²) in [7, 11) is -4.31. The number of nitrogens with two attached hydrogens (primary N) is 1. The smallest absolute Gasteiger partial charge is 0.338 e. The van der Waals surface area contributed by atoms with E-state index in [1.54, 1.807) is 6.92 Å². The summed E-state index contributed by atoms with van der Waals surface area (Å²) < 4.78 is 27.5. The van der Waals surface area contributed by atoms with Crippen molar-refractivity contribution in [1.29, 1.82) is 0 Å². The number of hydrogen-bond donors (Lipinski definition) is 1. The first-order chi connectivity index (χ1) is 9.18. The van der Waals surface area contributed by atoms with Gasteiger partial charge in [-0.25, -0.2) is 18.4 Å². The van der Waals surface area contributed by atoms with Crippen LogP contribution in [0.5, 0.6) is 0 Å². The van der Waals surface area contributed by atoms with Gasteiger partial charge in [0.05, 0.1) is 17.1 Å². The number of carbonyl (C=O) groups excluding carboxylic acids is 1. The molecule has 0 amide bonds. The normalized spacial score (nSPS) is 11.2. The second-order valence-electron chi connectivity index (χ2n) is 3.75. The Bertz CT molecular complexity index is 658. The number of esters is 1. The molecule has 2 N–H and O–H groups in total. The monoisotopic (exact) mass is 322 g/mol. The predicted molar refractivity (Wildman–Crippen MR) is 70.1 cm³/mol. The average molecular weight is 323 g/mol. The Hall–Kier alpha value is -1.71. The molecule has 1 aromatic carbocycles. The lowest BCUT2D eigenvalue weighted by Crippen LogP contribution is -2.15. The van der Waals surface area contributed by atoms with E-state index in [0.29, 0.717) is 6.42 Å². The lowest BCUT2D eigenvalue weighted by atomic mass is 10.2. The van der Waals surface area contributed by atoms with Crippen LogP contribution in [0.4, 0.5) is 5.69 Å². The Labute approximate surface area is 119 Å². The van der Waals surface area contributed by atoms with Crippen molar-refractivity contribution in [2.45, 2.75) is 18.2 Å². The first-order valence-corrected chi connectivity index (χ1v) is 7.28. The summed E-state index contributed by atoms with van der Waals surface area (Å²) in [4.78, 5) is 20.9. The topological polar surface area (TPSA) is 130 Å². The molecule has 0 heterocycles. The molecular weight excluding hydrogens is 312 g/mol. The van der Waals surface area contributed by atoms with E-state index in [4.69, 9.17) is 21.5 Å². The van der Waals surface area contributed by atoms with Gasteiger partial charge in [-0.15, -0.1) is 0 Å². The second-order valence-corrected chi connectivity index (χ2v) is 5.65. The van der Waals surface area contributed by atoms with Gasteiger partial charge in [-0.3, -0.25) is 10.1 Å². The van der Waals surface area contributed by atoms with Crippen molar-refractivity contribution in [1.82, 2.24) is 0 Å². The number of rotatable bonds is 5. The third kappa shape index (κ3) is 3.65. The summed E-state index contributed by atoms with van der Waals surface area (Å²) in [5.41, 5.74) is -1.04. The molecule has 0 aliphatic rings. The van der Waals surface area contributed by atoms with Crippen LogP contribution in [0.25, 0.3) is 0 Å². The minimum absolute atomic E-state index is 0.0972. The third-order valence-corrected chi connectivity index (χ3v) is 3.64. The molecule has 0 aliphatic carbocycles. The molecule has 0 radical (unpaired) electrons. The second kappa shape index (κ2) is 6.16. The van der Waals surface area contributed by atoms with Crippen LogP contribution in [0.1, 0.15) is 23.7 Å². The molecule has 0 saturated heterocycles. The first-order valence-electron chi connectivity index (χ1n) is 5.36. The Balaban J connectivity index is 3.45. The molecule has 8 nitrogen and oxygen atoms in total. The van der Waals surface area contributed by atoms with Gasteiger partial charge in [0.15, 0.2) is 0 Å². The molecule has 0 bridgehead atoms. The molecule has 0 atom stereocenters. The maximum atomic E-state index is 11.6. The Morgan fingerprint density at radius 1 is 1.50 bits per heavy atom. The number of sulfonamides is 1. The first kappa shape index (κ1) is 16.3. The molecule has 0 aromatic heterocycles. The zero-order chi connectivity index (χ0) is 15.5. The third-order valence-electron chi connectivity index (χ3n) is 2.20. The fourth-order valence-electron chi connectivity index (χ4n) is 1.32. The molecule has 0 fully saturated rings. The van der Waals surface area contributed by atoms with Crippen molar-refractivity contribution < 1.29 is 22.9 Å². The number of nitro groups is 1. The summed E-state index contributed by atoms with van der Waals surface area (Å²) in [6.45, 7) is 1.85. The van der Waals surface area contributed by atoms with E-state index < -0.39 is 36.5 Å². The van der Waals surface area contributed by atoms with Gasteiger partial charge in [0.2, 0.25) is 10.0 Å². The number of nitro benzene ring substituents is 1. The van der Waals surface area contributed by atoms with Gasteiger partial charge in [-0.1, -0.05) is 18.5 Å². The summed E-state index contributed by atoms with van der Waals surface area (Å²) in [6, 6.07) is 1.69. The largest absolute Gasteiger partial charge is 0.462 e. The molecule has 1 rings (SSSR count). The van der Waals surface area contributed by atoms with Crippen LogP contribution >= 0.6 is 11.6 Å². The van der Waals surface area contributed by atoms with Gasteiger partial charge in [0.25, 0.3) is 5.69 Å². The van der Waals surface area contributed by atoms with Crippen molar-refractivity contribution in [3.8, 4) is 0 Å². The van der Waals surface area contributed by atoms with Crippen LogP contribution in [-0.2, 0) is 14.8 Å². The van der Waals surface area contributed by atoms with Crippen LogP contribution in [0.15, 0.2) is 17.0 Å². The highest BCUT2D eigenvalue weighted by molar-refractivity contribution is 7.89. The minimum Gasteiger partial charge on any atom is -0.462 e. The highest BCUT2D eigenvalue weighted by Gasteiger charge is 2.26. The van der Waals surface area contributed by atoms with E-state index in [2.05, 4.69) is 0 Å². The average Bonchev–Trinajstić information content (AvgIpc) is 2.34. The van der Waals surface area contributed by atoms with Gasteiger partial charge in [-0.05, 0) is 12.5 Å². The molecule has 0 saturated carbocycles. The van der Waals surface area contributed by atoms with Gasteiger partial charge < -0.3 is 4.74 Å². The summed E-state index contributed by atoms with van der Waals surface area (Å²) in [5, 5.41) is 15.1. The van der Waals surface area contributed by atoms with Crippen LogP contribution < -0.4 is 5.14 Å². The highest BCUT2D eigenvalue weighted by Crippen LogP contribution is 2.32. The van der Waals surface area contributed by atoms with Gasteiger partial charge in [-0.2, -0.15) is 0 Å². The Kier molecular flexibility index (Phi) is 5.03. The van der Waals surface area contributed by atoms with Crippen molar-refractivity contribution >= 4 is 33.3 Å². The van der Waals surface area contributed by atoms with Crippen molar-refractivity contribution in [3.05, 3.63) is 32.8 Å². The fourth-order valence-corrected chi connectivity index (χ4v) is 2.47. The highest BCUT2D eigenvalue weighted by atomic mass is 35.5. The summed E-state index contributed by atoms with van der Waals surface area (Å²) >= 11 is 5.62. The van der Waals surface area contributed by atoms with E-state index >= 15 is 0 Å². The Morgan fingerprint density at radius 2 is 2.10 bits per heavy atom. The minimum atomic E-state index is -4.31. The number of hydrogen-bond acceptors (Lipinski definition) is 6. The van der Waals surface area contributed by atoms with Crippen LogP contribution in [0.2, 0.25) is 5.02 Å². The summed E-state index contributed by atoms with van der Waals surface area (Å²) in [5.74, 6) is -0.892. The van der Waals surface area contributed by atoms with E-state index in [1.165, 1.54) is 0 Å². The number of carbonyl (C=O) groups is 1. The molecule has 20 heavy (non-hydrogen) atoms. The number of halogens is 1. The van der Waals surface area contributed by atoms with Crippen LogP contribution in [0.3, 0.4) is 0 Å². The Morgan fingerprint density at radius 3 is 2.55 bits per heavy atom. The molecule has 0 unspecified atom stereocenters. The van der Waals surface area contributed by atoms with Crippen molar-refractivity contribution in [2.24, 2.45) is 5.14 Å². The lowest BCUT2D eigenvalue weighted by molar-refractivity contribution is -0.384. The number of ether oxygens (including phenoxy) is 1. The van der Waals surface area contributed by atoms with Gasteiger partial charge in [0, 0.05) is 6.07 Å². The van der Waals surface area contributed by atoms with Crippen molar-refractivity contribution in [3.63, 3.8) is 0 Å². The molecule has 0 spiro atoms. The quantitative estimate of drug-likeness (QED) is 0.496. The molecule has 0 aliphatic heterocycles. The fraction of sp³-hybridized carbons (Fsp3) is 0.300. The summed E-state index contributed by atoms with van der Waals surface area (Å²) in [6.07, 6.45) is 0.545. The standard InChI is InChI=1S/C10H11ClN2O6S/c1-2-3-19-10(14)6-4-7(13(15)16)9(11)8(5-6)20(12,17)18/h4-5H,2-3H2,1H3,(H2,12,17,18). The van der Waals surface area contributed by atoms with Gasteiger partial charge >= 0.3 is 5.97 Å². The van der Waals surface area contributed by atoms with Crippen molar-refractivity contribution in [2.75, 3.05) is 6.61 Å². The number of benzene rings is 1. The number of nitrogens with zero attached hydrogens (tertiary/aromatic N) is 1. The molecule has 10 heteroatoms. The maximum Gasteiger partial charge on any atom is 0.338 e. The van der Waals surface area contributed by atoms with E-state index in [0.717, 1.165) is 12.1 Å². The van der Waals surface area contributed by atoms with Crippen LogP contribution in [0, 0.1) is 10.1 Å². The van der Waals surface area contributed by atoms with E-state index in [9.17, 15) is 23.3 Å². The zero-order valence-electron chi connectivity index (χ0n) is 10.3. The lowest BCUT2D eigenvalue weighted by Gasteiger charge is -2.07. The van der Waals surface area contributed by atoms with E-state index in [1.807, 2.05) is 0 Å². The zero-order valence-corrected chi connectivity index (χ0v) is 11.9. The van der Waals surface area contributed by atoms with E-state index in [-0.39, 0.29) is 12.2 Å². The molecular formula is C10H11ClN2O6S. The SMILES string of the molecule is CCCOC(=O)c1cc([N+](=O)[O-])c(Cl)c(S(N)(=O)=O)c1. The van der Waals surface area contributed by atoms with Crippen LogP contribution in [-0.4, -0.2) is 25.9 Å². The maximum absolute atomic E-state index is 11.6. The van der Waals surface area contributed by atoms with Gasteiger partial charge in [0.1, 0.15) is 9.92 Å². The molecule has 1 aromatic rings. The number of primary sulfonamides is 1. The molecule has 110 valence electrons. The predicted octanol–water partition coefficient (Wildman–Crippen LogP) is 1.46.